The van der Waals surface area contributed by atoms with Crippen LogP contribution in [0.15, 0.2) is 65.8 Å². The number of rotatable bonds is 7. The number of aromatic nitrogens is 3. The molecule has 0 radical (unpaired) electrons. The summed E-state index contributed by atoms with van der Waals surface area (Å²) in [7, 11) is 0. The summed E-state index contributed by atoms with van der Waals surface area (Å²) in [5, 5.41) is 13.0. The van der Waals surface area contributed by atoms with Gasteiger partial charge in [0, 0.05) is 12.1 Å². The van der Waals surface area contributed by atoms with E-state index in [2.05, 4.69) is 33.7 Å². The highest BCUT2D eigenvalue weighted by atomic mass is 35.5. The average molecular weight is 507 g/mol. The monoisotopic (exact) mass is 506 g/mol. The highest BCUT2D eigenvalue weighted by Crippen LogP contribution is 2.34. The molecule has 0 saturated carbocycles. The fourth-order valence-corrected chi connectivity index (χ4v) is 4.79. The second-order valence-corrected chi connectivity index (χ2v) is 9.51. The molecule has 0 fully saturated rings. The number of halogens is 1. The van der Waals surface area contributed by atoms with E-state index in [9.17, 15) is 4.79 Å². The van der Waals surface area contributed by atoms with Crippen molar-refractivity contribution < 1.29 is 14.3 Å². The van der Waals surface area contributed by atoms with Crippen LogP contribution in [-0.2, 0) is 11.3 Å². The molecule has 4 aromatic rings. The van der Waals surface area contributed by atoms with Crippen LogP contribution < -0.4 is 14.8 Å². The van der Waals surface area contributed by atoms with Gasteiger partial charge < -0.3 is 14.8 Å². The number of carbonyl (C=O) groups excluding carboxylic acids is 1. The summed E-state index contributed by atoms with van der Waals surface area (Å²) in [6, 6.07) is 19.4. The molecular formula is C26H23ClN4O3S. The number of amides is 1. The van der Waals surface area contributed by atoms with Gasteiger partial charge in [-0.2, -0.15) is 0 Å². The topological polar surface area (TPSA) is 78.3 Å². The third-order valence-electron chi connectivity index (χ3n) is 5.61. The Morgan fingerprint density at radius 2 is 1.89 bits per heavy atom. The van der Waals surface area contributed by atoms with Gasteiger partial charge in [0.1, 0.15) is 0 Å². The van der Waals surface area contributed by atoms with Gasteiger partial charge in [-0.15, -0.1) is 10.2 Å². The zero-order chi connectivity index (χ0) is 24.4. The number of ether oxygens (including phenoxy) is 2. The number of nitrogens with zero attached hydrogens (tertiary/aromatic N) is 3. The Bertz CT molecular complexity index is 1410. The average Bonchev–Trinajstić information content (AvgIpc) is 3.50. The van der Waals surface area contributed by atoms with E-state index < -0.39 is 0 Å². The van der Waals surface area contributed by atoms with Crippen molar-refractivity contribution in [1.82, 2.24) is 20.1 Å². The van der Waals surface area contributed by atoms with Gasteiger partial charge >= 0.3 is 0 Å². The maximum atomic E-state index is 12.7. The molecule has 5 rings (SSSR count). The van der Waals surface area contributed by atoms with E-state index in [0.717, 1.165) is 33.7 Å². The Morgan fingerprint density at radius 3 is 2.74 bits per heavy atom. The Kier molecular flexibility index (Phi) is 6.66. The second-order valence-electron chi connectivity index (χ2n) is 8.16. The van der Waals surface area contributed by atoms with Crippen LogP contribution in [0.3, 0.4) is 0 Å². The number of carbonyl (C=O) groups is 1. The van der Waals surface area contributed by atoms with Crippen molar-refractivity contribution in [2.45, 2.75) is 25.5 Å². The lowest BCUT2D eigenvalue weighted by Crippen LogP contribution is -2.24. The van der Waals surface area contributed by atoms with Gasteiger partial charge in [0.25, 0.3) is 0 Å². The normalized spacial score (nSPS) is 12.1. The number of hydrogen-bond donors (Lipinski definition) is 1. The smallest absolute Gasteiger partial charge is 0.231 e. The third kappa shape index (κ3) is 4.99. The standard InChI is InChI=1S/C26H23ClN4O3S/c1-16-7-8-17(2)21(11-16)31-25(19-5-3-4-6-20(19)27)29-30-26(31)35-14-24(32)28-13-18-9-10-22-23(12-18)34-15-33-22/h3-12H,13-15H2,1-2H3,(H,28,32). The van der Waals surface area contributed by atoms with E-state index in [1.807, 2.05) is 60.9 Å². The lowest BCUT2D eigenvalue weighted by Gasteiger charge is -2.14. The van der Waals surface area contributed by atoms with Gasteiger partial charge in [-0.1, -0.05) is 53.7 Å². The number of benzene rings is 3. The Morgan fingerprint density at radius 1 is 1.06 bits per heavy atom. The first kappa shape index (κ1) is 23.3. The van der Waals surface area contributed by atoms with Gasteiger partial charge in [0.15, 0.2) is 22.5 Å². The molecule has 0 aliphatic carbocycles. The highest BCUT2D eigenvalue weighted by Gasteiger charge is 2.20. The Balaban J connectivity index is 1.36. The first-order chi connectivity index (χ1) is 17.0. The van der Waals surface area contributed by atoms with E-state index in [0.29, 0.717) is 28.3 Å². The molecule has 1 aliphatic heterocycles. The summed E-state index contributed by atoms with van der Waals surface area (Å²) < 4.78 is 12.7. The van der Waals surface area contributed by atoms with Gasteiger partial charge in [0.05, 0.1) is 16.5 Å². The van der Waals surface area contributed by atoms with Crippen molar-refractivity contribution >= 4 is 29.3 Å². The Hall–Kier alpha value is -3.49. The van der Waals surface area contributed by atoms with Gasteiger partial charge in [-0.25, -0.2) is 0 Å². The van der Waals surface area contributed by atoms with E-state index in [1.54, 1.807) is 0 Å². The first-order valence-corrected chi connectivity index (χ1v) is 12.4. The van der Waals surface area contributed by atoms with Crippen LogP contribution >= 0.6 is 23.4 Å². The van der Waals surface area contributed by atoms with Crippen molar-refractivity contribution in [1.29, 1.82) is 0 Å². The van der Waals surface area contributed by atoms with Crippen molar-refractivity contribution in [3.05, 3.63) is 82.4 Å². The number of fused-ring (bicyclic) bond motifs is 1. The summed E-state index contributed by atoms with van der Waals surface area (Å²) in [6.45, 7) is 4.69. The molecule has 178 valence electrons. The first-order valence-electron chi connectivity index (χ1n) is 11.1. The number of nitrogens with one attached hydrogen (secondary N) is 1. The molecule has 0 unspecified atom stereocenters. The van der Waals surface area contributed by atoms with Crippen LogP contribution in [0.25, 0.3) is 17.1 Å². The van der Waals surface area contributed by atoms with Crippen LogP contribution in [0.4, 0.5) is 0 Å². The van der Waals surface area contributed by atoms with Gasteiger partial charge in [0.2, 0.25) is 12.7 Å². The fourth-order valence-electron chi connectivity index (χ4n) is 3.79. The van der Waals surface area contributed by atoms with Crippen molar-refractivity contribution in [3.63, 3.8) is 0 Å². The molecule has 1 aromatic heterocycles. The van der Waals surface area contributed by atoms with Gasteiger partial charge in [-0.3, -0.25) is 9.36 Å². The van der Waals surface area contributed by atoms with E-state index in [-0.39, 0.29) is 18.5 Å². The molecule has 0 bridgehead atoms. The molecule has 0 atom stereocenters. The summed E-state index contributed by atoms with van der Waals surface area (Å²) in [6.07, 6.45) is 0. The number of aryl methyl sites for hydroxylation is 2. The second kappa shape index (κ2) is 10.0. The van der Waals surface area contributed by atoms with Gasteiger partial charge in [-0.05, 0) is 60.9 Å². The molecule has 7 nitrogen and oxygen atoms in total. The fraction of sp³-hybridized carbons (Fsp3) is 0.192. The molecule has 2 heterocycles. The largest absolute Gasteiger partial charge is 0.454 e. The molecule has 1 aliphatic rings. The number of thioether (sulfide) groups is 1. The molecular weight excluding hydrogens is 484 g/mol. The van der Waals surface area contributed by atoms with E-state index in [1.165, 1.54) is 11.8 Å². The minimum Gasteiger partial charge on any atom is -0.454 e. The van der Waals surface area contributed by atoms with Crippen LogP contribution in [0, 0.1) is 13.8 Å². The molecule has 0 saturated heterocycles. The summed E-state index contributed by atoms with van der Waals surface area (Å²) in [5.41, 5.74) is 4.85. The lowest BCUT2D eigenvalue weighted by atomic mass is 10.1. The molecule has 3 aromatic carbocycles. The van der Waals surface area contributed by atoms with E-state index in [4.69, 9.17) is 21.1 Å². The predicted octanol–water partition coefficient (Wildman–Crippen LogP) is 5.34. The maximum absolute atomic E-state index is 12.7. The summed E-state index contributed by atoms with van der Waals surface area (Å²) in [4.78, 5) is 12.7. The molecule has 1 amide bonds. The maximum Gasteiger partial charge on any atom is 0.231 e. The summed E-state index contributed by atoms with van der Waals surface area (Å²) in [5.74, 6) is 2.13. The van der Waals surface area contributed by atoms with Crippen LogP contribution in [0.5, 0.6) is 11.5 Å². The molecule has 1 N–H and O–H groups in total. The van der Waals surface area contributed by atoms with Crippen molar-refractivity contribution in [2.75, 3.05) is 12.5 Å². The Labute approximate surface area is 212 Å². The van der Waals surface area contributed by atoms with Crippen molar-refractivity contribution in [2.24, 2.45) is 0 Å². The predicted molar refractivity (Wildman–Crippen MR) is 136 cm³/mol. The molecule has 0 spiro atoms. The summed E-state index contributed by atoms with van der Waals surface area (Å²) >= 11 is 7.82. The number of hydrogen-bond acceptors (Lipinski definition) is 6. The van der Waals surface area contributed by atoms with Crippen LogP contribution in [0.1, 0.15) is 16.7 Å². The lowest BCUT2D eigenvalue weighted by molar-refractivity contribution is -0.118. The quantitative estimate of drug-likeness (QED) is 0.341. The zero-order valence-electron chi connectivity index (χ0n) is 19.2. The molecule has 35 heavy (non-hydrogen) atoms. The van der Waals surface area contributed by atoms with Crippen LogP contribution in [0.2, 0.25) is 5.02 Å². The molecule has 9 heteroatoms. The van der Waals surface area contributed by atoms with Crippen molar-refractivity contribution in [3.8, 4) is 28.6 Å². The van der Waals surface area contributed by atoms with E-state index >= 15 is 0 Å². The minimum absolute atomic E-state index is 0.109. The van der Waals surface area contributed by atoms with Crippen LogP contribution in [-0.4, -0.2) is 33.2 Å². The highest BCUT2D eigenvalue weighted by molar-refractivity contribution is 7.99. The SMILES string of the molecule is Cc1ccc(C)c(-n2c(SCC(=O)NCc3ccc4c(c3)OCO4)nnc2-c2ccccc2Cl)c1. The zero-order valence-corrected chi connectivity index (χ0v) is 20.8. The third-order valence-corrected chi connectivity index (χ3v) is 6.87. The minimum atomic E-state index is -0.109.